The maximum absolute atomic E-state index is 4.58. The topological polar surface area (TPSA) is 54.5 Å². The molecule has 2 heterocycles. The van der Waals surface area contributed by atoms with Gasteiger partial charge in [-0.05, 0) is 19.8 Å². The quantitative estimate of drug-likeness (QED) is 0.869. The van der Waals surface area contributed by atoms with E-state index in [1.165, 1.54) is 25.7 Å². The fourth-order valence-electron chi connectivity index (χ4n) is 2.23. The summed E-state index contributed by atoms with van der Waals surface area (Å²) in [6.07, 6.45) is 6.98. The Kier molecular flexibility index (Phi) is 2.47. The number of aromatic nitrogens is 4. The lowest BCUT2D eigenvalue weighted by atomic mass is 10.1. The average molecular weight is 234 g/mol. The maximum atomic E-state index is 4.58. The van der Waals surface area contributed by atoms with Gasteiger partial charge >= 0.3 is 0 Å². The Balaban J connectivity index is 1.87. The number of nitrogens with zero attached hydrogens (tertiary/aromatic N) is 3. The smallest absolute Gasteiger partial charge is 0.192 e. The molecule has 0 atom stereocenters. The highest BCUT2D eigenvalue weighted by molar-refractivity contribution is 7.14. The Morgan fingerprint density at radius 2 is 2.19 bits per heavy atom. The second kappa shape index (κ2) is 3.97. The summed E-state index contributed by atoms with van der Waals surface area (Å²) in [5.74, 6) is 2.45. The Morgan fingerprint density at radius 1 is 1.38 bits per heavy atom. The molecule has 2 aromatic rings. The second-order valence-electron chi connectivity index (χ2n) is 4.27. The molecule has 4 nitrogen and oxygen atoms in total. The van der Waals surface area contributed by atoms with Crippen LogP contribution >= 0.6 is 11.3 Å². The lowest BCUT2D eigenvalue weighted by molar-refractivity contribution is 0.672. The van der Waals surface area contributed by atoms with Crippen molar-refractivity contribution >= 4 is 11.3 Å². The minimum atomic E-state index is 0.593. The van der Waals surface area contributed by atoms with Gasteiger partial charge in [-0.25, -0.2) is 9.97 Å². The molecule has 1 fully saturated rings. The van der Waals surface area contributed by atoms with Crippen LogP contribution in [0.1, 0.15) is 42.4 Å². The summed E-state index contributed by atoms with van der Waals surface area (Å²) in [6, 6.07) is 0. The van der Waals surface area contributed by atoms with E-state index in [4.69, 9.17) is 0 Å². The van der Waals surface area contributed by atoms with Gasteiger partial charge in [0.2, 0.25) is 0 Å². The van der Waals surface area contributed by atoms with Crippen LogP contribution in [0.3, 0.4) is 0 Å². The van der Waals surface area contributed by atoms with Crippen LogP contribution in [-0.4, -0.2) is 20.2 Å². The molecule has 1 N–H and O–H groups in total. The lowest BCUT2D eigenvalue weighted by Crippen LogP contribution is -1.94. The molecule has 0 bridgehead atoms. The first-order valence-electron chi connectivity index (χ1n) is 5.68. The highest BCUT2D eigenvalue weighted by Gasteiger charge is 2.21. The molecule has 0 saturated heterocycles. The van der Waals surface area contributed by atoms with Crippen LogP contribution in [0, 0.1) is 6.92 Å². The molecule has 3 rings (SSSR count). The van der Waals surface area contributed by atoms with Gasteiger partial charge in [0.15, 0.2) is 5.82 Å². The van der Waals surface area contributed by atoms with Gasteiger partial charge in [-0.15, -0.1) is 11.3 Å². The third-order valence-corrected chi connectivity index (χ3v) is 3.99. The molecule has 0 radical (unpaired) electrons. The summed E-state index contributed by atoms with van der Waals surface area (Å²) in [4.78, 5) is 9.86. The summed E-state index contributed by atoms with van der Waals surface area (Å²) < 4.78 is 0. The number of hydrogen-bond acceptors (Lipinski definition) is 4. The first kappa shape index (κ1) is 9.96. The zero-order valence-corrected chi connectivity index (χ0v) is 10.0. The molecule has 0 unspecified atom stereocenters. The fourth-order valence-corrected chi connectivity index (χ4v) is 2.94. The average Bonchev–Trinajstić information content (AvgIpc) is 2.97. The monoisotopic (exact) mass is 234 g/mol. The zero-order chi connectivity index (χ0) is 11.0. The van der Waals surface area contributed by atoms with Gasteiger partial charge in [0.1, 0.15) is 5.82 Å². The van der Waals surface area contributed by atoms with Crippen LogP contribution in [0.25, 0.3) is 10.7 Å². The van der Waals surface area contributed by atoms with E-state index < -0.39 is 0 Å². The lowest BCUT2D eigenvalue weighted by Gasteiger charge is -2.01. The predicted molar refractivity (Wildman–Crippen MR) is 63.4 cm³/mol. The van der Waals surface area contributed by atoms with Crippen molar-refractivity contribution in [1.29, 1.82) is 0 Å². The number of nitrogens with one attached hydrogen (secondary N) is 1. The first-order chi connectivity index (χ1) is 7.83. The summed E-state index contributed by atoms with van der Waals surface area (Å²) >= 11 is 1.64. The normalized spacial score (nSPS) is 17.1. The largest absolute Gasteiger partial charge is 0.262 e. The highest BCUT2D eigenvalue weighted by atomic mass is 32.1. The molecule has 0 spiro atoms. The maximum Gasteiger partial charge on any atom is 0.192 e. The Hall–Kier alpha value is -1.23. The molecule has 0 aliphatic heterocycles. The van der Waals surface area contributed by atoms with E-state index in [-0.39, 0.29) is 0 Å². The van der Waals surface area contributed by atoms with Gasteiger partial charge in [0, 0.05) is 12.1 Å². The van der Waals surface area contributed by atoms with Gasteiger partial charge in [-0.2, -0.15) is 5.10 Å². The van der Waals surface area contributed by atoms with Crippen molar-refractivity contribution in [2.24, 2.45) is 0 Å². The number of aryl methyl sites for hydroxylation is 1. The first-order valence-corrected chi connectivity index (χ1v) is 6.49. The van der Waals surface area contributed by atoms with Crippen molar-refractivity contribution in [3.05, 3.63) is 17.0 Å². The standard InChI is InChI=1S/C11H14N4S/c1-7-12-6-9(16-7)11-13-10(14-15-11)8-4-2-3-5-8/h6,8H,2-5H2,1H3,(H,13,14,15). The van der Waals surface area contributed by atoms with Crippen LogP contribution in [0.2, 0.25) is 0 Å². The number of hydrogen-bond donors (Lipinski definition) is 1. The van der Waals surface area contributed by atoms with Crippen molar-refractivity contribution in [2.75, 3.05) is 0 Å². The molecule has 16 heavy (non-hydrogen) atoms. The van der Waals surface area contributed by atoms with Gasteiger partial charge in [-0.1, -0.05) is 12.8 Å². The van der Waals surface area contributed by atoms with Crippen molar-refractivity contribution < 1.29 is 0 Å². The number of aromatic amines is 1. The zero-order valence-electron chi connectivity index (χ0n) is 9.23. The van der Waals surface area contributed by atoms with E-state index in [1.54, 1.807) is 11.3 Å². The molecule has 5 heteroatoms. The van der Waals surface area contributed by atoms with Gasteiger partial charge < -0.3 is 0 Å². The number of H-pyrrole nitrogens is 1. The van der Waals surface area contributed by atoms with Crippen LogP contribution in [0.5, 0.6) is 0 Å². The minimum Gasteiger partial charge on any atom is -0.262 e. The Bertz CT molecular complexity index is 482. The molecule has 1 saturated carbocycles. The summed E-state index contributed by atoms with van der Waals surface area (Å²) in [5.41, 5.74) is 0. The van der Waals surface area contributed by atoms with E-state index in [0.717, 1.165) is 21.5 Å². The van der Waals surface area contributed by atoms with E-state index in [2.05, 4.69) is 20.2 Å². The third kappa shape index (κ3) is 1.75. The molecular weight excluding hydrogens is 220 g/mol. The minimum absolute atomic E-state index is 0.593. The van der Waals surface area contributed by atoms with Gasteiger partial charge in [-0.3, -0.25) is 5.10 Å². The van der Waals surface area contributed by atoms with Gasteiger partial charge in [0.05, 0.1) is 9.88 Å². The summed E-state index contributed by atoms with van der Waals surface area (Å²) in [5, 5.41) is 8.41. The molecule has 0 aromatic carbocycles. The summed E-state index contributed by atoms with van der Waals surface area (Å²) in [7, 11) is 0. The SMILES string of the molecule is Cc1ncc(-c2n[nH]c(C3CCCC3)n2)s1. The van der Waals surface area contributed by atoms with Crippen molar-refractivity contribution in [2.45, 2.75) is 38.5 Å². The van der Waals surface area contributed by atoms with Crippen molar-refractivity contribution in [3.63, 3.8) is 0 Å². The van der Waals surface area contributed by atoms with Crippen molar-refractivity contribution in [3.8, 4) is 10.7 Å². The van der Waals surface area contributed by atoms with E-state index in [9.17, 15) is 0 Å². The van der Waals surface area contributed by atoms with Crippen LogP contribution in [-0.2, 0) is 0 Å². The Morgan fingerprint density at radius 3 is 2.88 bits per heavy atom. The van der Waals surface area contributed by atoms with Crippen LogP contribution in [0.4, 0.5) is 0 Å². The van der Waals surface area contributed by atoms with Crippen molar-refractivity contribution in [1.82, 2.24) is 20.2 Å². The molecule has 84 valence electrons. The molecule has 1 aliphatic carbocycles. The number of rotatable bonds is 2. The molecular formula is C11H14N4S. The number of thiazole rings is 1. The van der Waals surface area contributed by atoms with E-state index in [0.29, 0.717) is 5.92 Å². The highest BCUT2D eigenvalue weighted by Crippen LogP contribution is 2.33. The van der Waals surface area contributed by atoms with E-state index >= 15 is 0 Å². The van der Waals surface area contributed by atoms with Crippen LogP contribution < -0.4 is 0 Å². The van der Waals surface area contributed by atoms with Gasteiger partial charge in [0.25, 0.3) is 0 Å². The molecule has 1 aliphatic rings. The Labute approximate surface area is 98.1 Å². The third-order valence-electron chi connectivity index (χ3n) is 3.09. The molecule has 0 amide bonds. The predicted octanol–water partition coefficient (Wildman–Crippen LogP) is 2.89. The fraction of sp³-hybridized carbons (Fsp3) is 0.545. The van der Waals surface area contributed by atoms with E-state index in [1.807, 2.05) is 13.1 Å². The summed E-state index contributed by atoms with van der Waals surface area (Å²) in [6.45, 7) is 2.00. The molecule has 2 aromatic heterocycles. The van der Waals surface area contributed by atoms with Crippen LogP contribution in [0.15, 0.2) is 6.20 Å². The second-order valence-corrected chi connectivity index (χ2v) is 5.50.